The highest BCUT2D eigenvalue weighted by Crippen LogP contribution is 2.28. The van der Waals surface area contributed by atoms with Crippen LogP contribution >= 0.6 is 27.3 Å². The summed E-state index contributed by atoms with van der Waals surface area (Å²) in [5.41, 5.74) is 6.80. The summed E-state index contributed by atoms with van der Waals surface area (Å²) in [5, 5.41) is 5.02. The van der Waals surface area contributed by atoms with E-state index in [0.29, 0.717) is 22.3 Å². The van der Waals surface area contributed by atoms with Crippen molar-refractivity contribution in [2.45, 2.75) is 6.42 Å². The van der Waals surface area contributed by atoms with Crippen LogP contribution in [0.1, 0.15) is 5.69 Å². The number of carbonyl (C=O) groups is 1. The first kappa shape index (κ1) is 13.8. The van der Waals surface area contributed by atoms with Gasteiger partial charge in [-0.2, -0.15) is 0 Å². The SMILES string of the molecule is COc1ccc(Br)cc1NC(=O)Cc1csc(N)n1. The summed E-state index contributed by atoms with van der Waals surface area (Å²) >= 11 is 4.67. The summed E-state index contributed by atoms with van der Waals surface area (Å²) in [5.74, 6) is 0.441. The van der Waals surface area contributed by atoms with E-state index in [9.17, 15) is 4.79 Å². The van der Waals surface area contributed by atoms with E-state index in [1.807, 2.05) is 6.07 Å². The average Bonchev–Trinajstić information content (AvgIpc) is 2.75. The van der Waals surface area contributed by atoms with Gasteiger partial charge in [-0.05, 0) is 18.2 Å². The molecule has 100 valence electrons. The highest BCUT2D eigenvalue weighted by Gasteiger charge is 2.10. The van der Waals surface area contributed by atoms with Crippen molar-refractivity contribution >= 4 is 44.0 Å². The van der Waals surface area contributed by atoms with E-state index in [2.05, 4.69) is 26.2 Å². The third-order valence-corrected chi connectivity index (χ3v) is 3.56. The predicted octanol–water partition coefficient (Wildman–Crippen LogP) is 2.68. The number of nitrogen functional groups attached to an aromatic ring is 1. The van der Waals surface area contributed by atoms with Gasteiger partial charge in [0.15, 0.2) is 5.13 Å². The number of nitrogens with zero attached hydrogens (tertiary/aromatic N) is 1. The number of amides is 1. The molecule has 5 nitrogen and oxygen atoms in total. The Hall–Kier alpha value is -1.60. The molecule has 1 aromatic heterocycles. The molecule has 19 heavy (non-hydrogen) atoms. The van der Waals surface area contributed by atoms with Crippen molar-refractivity contribution in [1.29, 1.82) is 0 Å². The number of thiazole rings is 1. The number of nitrogens with one attached hydrogen (secondary N) is 1. The summed E-state index contributed by atoms with van der Waals surface area (Å²) in [6, 6.07) is 5.41. The summed E-state index contributed by atoms with van der Waals surface area (Å²) in [7, 11) is 1.56. The zero-order valence-corrected chi connectivity index (χ0v) is 12.5. The standard InChI is InChI=1S/C12H12BrN3O2S/c1-18-10-3-2-7(13)4-9(10)16-11(17)5-8-6-19-12(14)15-8/h2-4,6H,5H2,1H3,(H2,14,15)(H,16,17). The second-order valence-corrected chi connectivity index (χ2v) is 5.55. The molecule has 0 spiro atoms. The molecule has 0 bridgehead atoms. The van der Waals surface area contributed by atoms with Gasteiger partial charge in [-0.3, -0.25) is 4.79 Å². The van der Waals surface area contributed by atoms with E-state index in [-0.39, 0.29) is 12.3 Å². The molecule has 1 aromatic carbocycles. The predicted molar refractivity (Wildman–Crippen MR) is 79.6 cm³/mol. The van der Waals surface area contributed by atoms with Crippen molar-refractivity contribution in [1.82, 2.24) is 4.98 Å². The smallest absolute Gasteiger partial charge is 0.230 e. The largest absolute Gasteiger partial charge is 0.495 e. The van der Waals surface area contributed by atoms with Crippen LogP contribution in [0.5, 0.6) is 5.75 Å². The van der Waals surface area contributed by atoms with Gasteiger partial charge in [0.05, 0.1) is 24.9 Å². The minimum absolute atomic E-state index is 0.165. The van der Waals surface area contributed by atoms with Crippen LogP contribution in [0.3, 0.4) is 0 Å². The van der Waals surface area contributed by atoms with Crippen molar-refractivity contribution in [2.24, 2.45) is 0 Å². The number of aromatic nitrogens is 1. The molecule has 0 saturated carbocycles. The monoisotopic (exact) mass is 341 g/mol. The zero-order valence-electron chi connectivity index (χ0n) is 10.1. The number of hydrogen-bond donors (Lipinski definition) is 2. The minimum atomic E-state index is -0.165. The molecule has 3 N–H and O–H groups in total. The number of anilines is 2. The lowest BCUT2D eigenvalue weighted by Crippen LogP contribution is -2.15. The molecule has 0 aliphatic carbocycles. The van der Waals surface area contributed by atoms with Crippen LogP contribution in [0.4, 0.5) is 10.8 Å². The summed E-state index contributed by atoms with van der Waals surface area (Å²) in [6.45, 7) is 0. The Morgan fingerprint density at radius 3 is 3.00 bits per heavy atom. The van der Waals surface area contributed by atoms with Crippen LogP contribution in [0.2, 0.25) is 0 Å². The number of methoxy groups -OCH3 is 1. The maximum absolute atomic E-state index is 11.9. The van der Waals surface area contributed by atoms with E-state index in [4.69, 9.17) is 10.5 Å². The van der Waals surface area contributed by atoms with Gasteiger partial charge in [0, 0.05) is 9.85 Å². The van der Waals surface area contributed by atoms with E-state index < -0.39 is 0 Å². The minimum Gasteiger partial charge on any atom is -0.495 e. The molecular formula is C12H12BrN3O2S. The molecule has 0 radical (unpaired) electrons. The third kappa shape index (κ3) is 3.68. The van der Waals surface area contributed by atoms with Gasteiger partial charge in [-0.25, -0.2) is 4.98 Å². The van der Waals surface area contributed by atoms with E-state index >= 15 is 0 Å². The van der Waals surface area contributed by atoms with E-state index in [1.54, 1.807) is 24.6 Å². The van der Waals surface area contributed by atoms with Crippen molar-refractivity contribution in [2.75, 3.05) is 18.2 Å². The van der Waals surface area contributed by atoms with Gasteiger partial charge in [0.2, 0.25) is 5.91 Å². The fourth-order valence-electron chi connectivity index (χ4n) is 1.54. The maximum Gasteiger partial charge on any atom is 0.230 e. The Balaban J connectivity index is 2.08. The Kier molecular flexibility index (Phi) is 4.39. The number of ether oxygens (including phenoxy) is 1. The Morgan fingerprint density at radius 2 is 2.37 bits per heavy atom. The molecule has 0 atom stereocenters. The van der Waals surface area contributed by atoms with Crippen LogP contribution in [0.15, 0.2) is 28.1 Å². The molecule has 2 aromatic rings. The zero-order chi connectivity index (χ0) is 13.8. The molecule has 0 aliphatic rings. The molecule has 1 amide bonds. The molecular weight excluding hydrogens is 330 g/mol. The lowest BCUT2D eigenvalue weighted by molar-refractivity contribution is -0.115. The number of halogens is 1. The normalized spacial score (nSPS) is 10.2. The van der Waals surface area contributed by atoms with Gasteiger partial charge in [0.25, 0.3) is 0 Å². The number of benzene rings is 1. The Morgan fingerprint density at radius 1 is 1.58 bits per heavy atom. The molecule has 1 heterocycles. The molecule has 0 aliphatic heterocycles. The van der Waals surface area contributed by atoms with Gasteiger partial charge >= 0.3 is 0 Å². The quantitative estimate of drug-likeness (QED) is 0.896. The Bertz CT molecular complexity index is 600. The molecule has 7 heteroatoms. The number of nitrogens with two attached hydrogens (primary N) is 1. The number of hydrogen-bond acceptors (Lipinski definition) is 5. The molecule has 0 fully saturated rings. The van der Waals surface area contributed by atoms with E-state index in [0.717, 1.165) is 4.47 Å². The fourth-order valence-corrected chi connectivity index (χ4v) is 2.46. The third-order valence-electron chi connectivity index (χ3n) is 2.35. The van der Waals surface area contributed by atoms with Gasteiger partial charge in [-0.15, -0.1) is 11.3 Å². The topological polar surface area (TPSA) is 77.2 Å². The average molecular weight is 342 g/mol. The first-order valence-corrected chi connectivity index (χ1v) is 7.09. The van der Waals surface area contributed by atoms with Gasteiger partial charge < -0.3 is 15.8 Å². The number of carbonyl (C=O) groups excluding carboxylic acids is 1. The van der Waals surface area contributed by atoms with Crippen LogP contribution in [0, 0.1) is 0 Å². The molecule has 0 saturated heterocycles. The lowest BCUT2D eigenvalue weighted by atomic mass is 10.2. The molecule has 2 rings (SSSR count). The highest BCUT2D eigenvalue weighted by atomic mass is 79.9. The van der Waals surface area contributed by atoms with Crippen molar-refractivity contribution < 1.29 is 9.53 Å². The maximum atomic E-state index is 11.9. The van der Waals surface area contributed by atoms with Crippen LogP contribution in [-0.4, -0.2) is 18.0 Å². The van der Waals surface area contributed by atoms with Crippen molar-refractivity contribution in [3.63, 3.8) is 0 Å². The van der Waals surface area contributed by atoms with Gasteiger partial charge in [-0.1, -0.05) is 15.9 Å². The van der Waals surface area contributed by atoms with Gasteiger partial charge in [0.1, 0.15) is 5.75 Å². The first-order valence-electron chi connectivity index (χ1n) is 5.42. The van der Waals surface area contributed by atoms with Crippen molar-refractivity contribution in [3.05, 3.63) is 33.7 Å². The Labute approximate surface area is 122 Å². The van der Waals surface area contributed by atoms with Crippen LogP contribution in [-0.2, 0) is 11.2 Å². The first-order chi connectivity index (χ1) is 9.08. The van der Waals surface area contributed by atoms with Crippen LogP contribution in [0.25, 0.3) is 0 Å². The lowest BCUT2D eigenvalue weighted by Gasteiger charge is -2.10. The second kappa shape index (κ2) is 6.03. The highest BCUT2D eigenvalue weighted by molar-refractivity contribution is 9.10. The number of rotatable bonds is 4. The van der Waals surface area contributed by atoms with E-state index in [1.165, 1.54) is 11.3 Å². The van der Waals surface area contributed by atoms with Crippen molar-refractivity contribution in [3.8, 4) is 5.75 Å². The summed E-state index contributed by atoms with van der Waals surface area (Å²) < 4.78 is 6.05. The molecule has 0 unspecified atom stereocenters. The fraction of sp³-hybridized carbons (Fsp3) is 0.167. The summed E-state index contributed by atoms with van der Waals surface area (Å²) in [4.78, 5) is 16.0. The summed E-state index contributed by atoms with van der Waals surface area (Å²) in [6.07, 6.45) is 0.184. The van der Waals surface area contributed by atoms with Crippen LogP contribution < -0.4 is 15.8 Å². The second-order valence-electron chi connectivity index (χ2n) is 3.75.